The minimum absolute atomic E-state index is 0.0916. The standard InChI is InChI=1S/C15H9BrFNO2/c16-14-7-12(17)5-6-13(14)15(19)20-9-11-3-1-10(8-18)2-4-11/h1-7H,9H2. The van der Waals surface area contributed by atoms with Gasteiger partial charge in [0.05, 0.1) is 17.2 Å². The van der Waals surface area contributed by atoms with Crippen LogP contribution in [0.1, 0.15) is 21.5 Å². The van der Waals surface area contributed by atoms with Gasteiger partial charge in [-0.05, 0) is 51.8 Å². The second-order valence-corrected chi connectivity index (χ2v) is 4.86. The summed E-state index contributed by atoms with van der Waals surface area (Å²) in [6, 6.07) is 12.5. The smallest absolute Gasteiger partial charge is 0.339 e. The molecule has 2 rings (SSSR count). The fourth-order valence-corrected chi connectivity index (χ4v) is 2.07. The highest BCUT2D eigenvalue weighted by Crippen LogP contribution is 2.19. The maximum atomic E-state index is 12.9. The summed E-state index contributed by atoms with van der Waals surface area (Å²) in [5, 5.41) is 8.68. The van der Waals surface area contributed by atoms with E-state index in [0.717, 1.165) is 5.56 Å². The highest BCUT2D eigenvalue weighted by molar-refractivity contribution is 9.10. The van der Waals surface area contributed by atoms with E-state index in [4.69, 9.17) is 10.00 Å². The molecule has 0 bridgehead atoms. The molecule has 0 aliphatic carbocycles. The van der Waals surface area contributed by atoms with Crippen molar-refractivity contribution in [1.82, 2.24) is 0 Å². The van der Waals surface area contributed by atoms with Crippen molar-refractivity contribution in [3.8, 4) is 6.07 Å². The number of rotatable bonds is 3. The zero-order chi connectivity index (χ0) is 14.5. The van der Waals surface area contributed by atoms with E-state index in [2.05, 4.69) is 15.9 Å². The Morgan fingerprint density at radius 3 is 2.55 bits per heavy atom. The van der Waals surface area contributed by atoms with Gasteiger partial charge in [-0.15, -0.1) is 0 Å². The van der Waals surface area contributed by atoms with Crippen molar-refractivity contribution in [2.24, 2.45) is 0 Å². The lowest BCUT2D eigenvalue weighted by Gasteiger charge is -2.06. The van der Waals surface area contributed by atoms with Crippen molar-refractivity contribution >= 4 is 21.9 Å². The van der Waals surface area contributed by atoms with Crippen molar-refractivity contribution < 1.29 is 13.9 Å². The molecule has 0 saturated heterocycles. The van der Waals surface area contributed by atoms with Crippen molar-refractivity contribution in [2.45, 2.75) is 6.61 Å². The summed E-state index contributed by atoms with van der Waals surface area (Å²) in [5.41, 5.74) is 1.58. The van der Waals surface area contributed by atoms with Crippen LogP contribution in [0.25, 0.3) is 0 Å². The highest BCUT2D eigenvalue weighted by atomic mass is 79.9. The molecular formula is C15H9BrFNO2. The third-order valence-corrected chi connectivity index (χ3v) is 3.26. The summed E-state index contributed by atoms with van der Waals surface area (Å²) in [6.07, 6.45) is 0. The first-order chi connectivity index (χ1) is 9.60. The van der Waals surface area contributed by atoms with Gasteiger partial charge in [-0.25, -0.2) is 9.18 Å². The molecule has 0 aliphatic rings. The SMILES string of the molecule is N#Cc1ccc(COC(=O)c2ccc(F)cc2Br)cc1. The van der Waals surface area contributed by atoms with E-state index in [0.29, 0.717) is 10.0 Å². The molecule has 5 heteroatoms. The number of hydrogen-bond acceptors (Lipinski definition) is 3. The van der Waals surface area contributed by atoms with E-state index < -0.39 is 11.8 Å². The van der Waals surface area contributed by atoms with Gasteiger partial charge in [0.1, 0.15) is 12.4 Å². The molecule has 0 aliphatic heterocycles. The minimum atomic E-state index is -0.541. The summed E-state index contributed by atoms with van der Waals surface area (Å²) in [5.74, 6) is -0.971. The molecule has 0 radical (unpaired) electrons. The molecule has 0 fully saturated rings. The summed E-state index contributed by atoms with van der Waals surface area (Å²) in [7, 11) is 0. The van der Waals surface area contributed by atoms with Crippen LogP contribution in [0.15, 0.2) is 46.9 Å². The van der Waals surface area contributed by atoms with Crippen molar-refractivity contribution in [3.63, 3.8) is 0 Å². The largest absolute Gasteiger partial charge is 0.457 e. The summed E-state index contributed by atoms with van der Waals surface area (Å²) < 4.78 is 18.4. The van der Waals surface area contributed by atoms with E-state index in [-0.39, 0.29) is 12.2 Å². The molecular weight excluding hydrogens is 325 g/mol. The number of nitriles is 1. The van der Waals surface area contributed by atoms with E-state index in [9.17, 15) is 9.18 Å². The molecule has 0 heterocycles. The van der Waals surface area contributed by atoms with E-state index in [1.54, 1.807) is 24.3 Å². The molecule has 0 amide bonds. The lowest BCUT2D eigenvalue weighted by Crippen LogP contribution is -2.06. The van der Waals surface area contributed by atoms with E-state index >= 15 is 0 Å². The third kappa shape index (κ3) is 3.43. The second kappa shape index (κ2) is 6.31. The molecule has 0 atom stereocenters. The maximum Gasteiger partial charge on any atom is 0.339 e. The predicted molar refractivity (Wildman–Crippen MR) is 74.4 cm³/mol. The number of halogens is 2. The van der Waals surface area contributed by atoms with Crippen LogP contribution < -0.4 is 0 Å². The molecule has 3 nitrogen and oxygen atoms in total. The van der Waals surface area contributed by atoms with Crippen molar-refractivity contribution in [3.05, 3.63) is 69.4 Å². The van der Waals surface area contributed by atoms with Gasteiger partial charge in [0.2, 0.25) is 0 Å². The molecule has 0 saturated carbocycles. The molecule has 0 N–H and O–H groups in total. The minimum Gasteiger partial charge on any atom is -0.457 e. The average molecular weight is 334 g/mol. The summed E-state index contributed by atoms with van der Waals surface area (Å²) in [6.45, 7) is 0.0916. The van der Waals surface area contributed by atoms with Crippen LogP contribution in [0.5, 0.6) is 0 Å². The first-order valence-corrected chi connectivity index (χ1v) is 6.50. The Bertz CT molecular complexity index is 677. The third-order valence-electron chi connectivity index (χ3n) is 2.60. The fourth-order valence-electron chi connectivity index (χ4n) is 1.56. The second-order valence-electron chi connectivity index (χ2n) is 4.01. The van der Waals surface area contributed by atoms with Crippen LogP contribution in [0, 0.1) is 17.1 Å². The number of hydrogen-bond donors (Lipinski definition) is 0. The number of esters is 1. The number of ether oxygens (including phenoxy) is 1. The van der Waals surface area contributed by atoms with Gasteiger partial charge in [0.15, 0.2) is 0 Å². The Balaban J connectivity index is 2.03. The predicted octanol–water partition coefficient (Wildman–Crippen LogP) is 3.82. The lowest BCUT2D eigenvalue weighted by molar-refractivity contribution is 0.0471. The van der Waals surface area contributed by atoms with Gasteiger partial charge in [-0.2, -0.15) is 5.26 Å². The Morgan fingerprint density at radius 1 is 1.25 bits per heavy atom. The Kier molecular flexibility index (Phi) is 4.49. The van der Waals surface area contributed by atoms with Crippen molar-refractivity contribution in [2.75, 3.05) is 0 Å². The first-order valence-electron chi connectivity index (χ1n) is 5.71. The van der Waals surface area contributed by atoms with Gasteiger partial charge < -0.3 is 4.74 Å². The van der Waals surface area contributed by atoms with E-state index in [1.807, 2.05) is 6.07 Å². The fraction of sp³-hybridized carbons (Fsp3) is 0.0667. The summed E-state index contributed by atoms with van der Waals surface area (Å²) in [4.78, 5) is 11.8. The molecule has 2 aromatic carbocycles. The quantitative estimate of drug-likeness (QED) is 0.802. The van der Waals surface area contributed by atoms with Gasteiger partial charge >= 0.3 is 5.97 Å². The zero-order valence-corrected chi connectivity index (χ0v) is 11.9. The highest BCUT2D eigenvalue weighted by Gasteiger charge is 2.12. The lowest BCUT2D eigenvalue weighted by atomic mass is 10.1. The average Bonchev–Trinajstić information content (AvgIpc) is 2.45. The van der Waals surface area contributed by atoms with Crippen LogP contribution in [-0.2, 0) is 11.3 Å². The van der Waals surface area contributed by atoms with Crippen LogP contribution in [-0.4, -0.2) is 5.97 Å². The molecule has 2 aromatic rings. The molecule has 0 spiro atoms. The Labute approximate surface area is 123 Å². The molecule has 0 unspecified atom stereocenters. The summed E-state index contributed by atoms with van der Waals surface area (Å²) >= 11 is 3.12. The van der Waals surface area contributed by atoms with E-state index in [1.165, 1.54) is 18.2 Å². The monoisotopic (exact) mass is 333 g/mol. The van der Waals surface area contributed by atoms with Crippen LogP contribution in [0.4, 0.5) is 4.39 Å². The van der Waals surface area contributed by atoms with Gasteiger partial charge in [0, 0.05) is 4.47 Å². The van der Waals surface area contributed by atoms with Gasteiger partial charge in [-0.3, -0.25) is 0 Å². The number of benzene rings is 2. The van der Waals surface area contributed by atoms with Crippen molar-refractivity contribution in [1.29, 1.82) is 5.26 Å². The Morgan fingerprint density at radius 2 is 1.95 bits per heavy atom. The number of carbonyl (C=O) groups excluding carboxylic acids is 1. The van der Waals surface area contributed by atoms with Gasteiger partial charge in [-0.1, -0.05) is 12.1 Å². The normalized spacial score (nSPS) is 9.85. The Hall–Kier alpha value is -2.19. The molecule has 0 aromatic heterocycles. The van der Waals surface area contributed by atoms with Crippen LogP contribution in [0.3, 0.4) is 0 Å². The molecule has 100 valence electrons. The number of carbonyl (C=O) groups is 1. The number of nitrogens with zero attached hydrogens (tertiary/aromatic N) is 1. The molecule has 20 heavy (non-hydrogen) atoms. The topological polar surface area (TPSA) is 50.1 Å². The first kappa shape index (κ1) is 14.2. The maximum absolute atomic E-state index is 12.9. The van der Waals surface area contributed by atoms with Crippen LogP contribution >= 0.6 is 15.9 Å². The van der Waals surface area contributed by atoms with Crippen LogP contribution in [0.2, 0.25) is 0 Å². The zero-order valence-electron chi connectivity index (χ0n) is 10.3. The van der Waals surface area contributed by atoms with Gasteiger partial charge in [0.25, 0.3) is 0 Å².